The first-order valence-electron chi connectivity index (χ1n) is 8.11. The summed E-state index contributed by atoms with van der Waals surface area (Å²) in [5.41, 5.74) is 2.14. The lowest BCUT2D eigenvalue weighted by molar-refractivity contribution is -0.121. The van der Waals surface area contributed by atoms with E-state index in [0.29, 0.717) is 17.1 Å². The van der Waals surface area contributed by atoms with Gasteiger partial charge in [0.2, 0.25) is 5.91 Å². The monoisotopic (exact) mass is 354 g/mol. The first-order chi connectivity index (χ1) is 12.4. The standard InChI is InChI=1S/C19H18N2O5/c1-12-5-6-16-15(9-12)21(18(23)11-26-16)8-7-17(22)20-14-4-2-3-13(10-14)19(24)25/h2-6,9-10H,7-8,11H2,1H3,(H,20,22)(H,24,25). The molecular formula is C19H18N2O5. The number of amides is 2. The summed E-state index contributed by atoms with van der Waals surface area (Å²) in [5, 5.41) is 11.6. The van der Waals surface area contributed by atoms with Crippen LogP contribution in [0.25, 0.3) is 0 Å². The lowest BCUT2D eigenvalue weighted by Crippen LogP contribution is -2.40. The molecule has 0 bridgehead atoms. The van der Waals surface area contributed by atoms with Gasteiger partial charge in [-0.1, -0.05) is 12.1 Å². The third kappa shape index (κ3) is 3.83. The van der Waals surface area contributed by atoms with E-state index in [9.17, 15) is 14.4 Å². The number of aryl methyl sites for hydroxylation is 1. The zero-order valence-electron chi connectivity index (χ0n) is 14.2. The molecule has 2 aromatic rings. The second-order valence-electron chi connectivity index (χ2n) is 5.99. The summed E-state index contributed by atoms with van der Waals surface area (Å²) in [6.07, 6.45) is 0.0798. The van der Waals surface area contributed by atoms with Crippen LogP contribution in [-0.4, -0.2) is 36.0 Å². The van der Waals surface area contributed by atoms with Gasteiger partial charge >= 0.3 is 5.97 Å². The van der Waals surface area contributed by atoms with Crippen molar-refractivity contribution in [3.8, 4) is 5.75 Å². The third-order valence-electron chi connectivity index (χ3n) is 4.01. The van der Waals surface area contributed by atoms with E-state index in [-0.39, 0.29) is 37.0 Å². The molecule has 1 aliphatic rings. The van der Waals surface area contributed by atoms with E-state index < -0.39 is 5.97 Å². The van der Waals surface area contributed by atoms with Gasteiger partial charge in [0.05, 0.1) is 11.3 Å². The summed E-state index contributed by atoms with van der Waals surface area (Å²) in [4.78, 5) is 36.9. The number of hydrogen-bond donors (Lipinski definition) is 2. The fourth-order valence-electron chi connectivity index (χ4n) is 2.72. The van der Waals surface area contributed by atoms with Crippen LogP contribution < -0.4 is 15.0 Å². The quantitative estimate of drug-likeness (QED) is 0.860. The van der Waals surface area contributed by atoms with Crippen molar-refractivity contribution in [2.24, 2.45) is 0 Å². The fourth-order valence-corrected chi connectivity index (χ4v) is 2.72. The number of carboxylic acid groups (broad SMARTS) is 1. The van der Waals surface area contributed by atoms with Crippen LogP contribution in [-0.2, 0) is 9.59 Å². The number of nitrogens with zero attached hydrogens (tertiary/aromatic N) is 1. The number of fused-ring (bicyclic) bond motifs is 1. The van der Waals surface area contributed by atoms with Crippen LogP contribution in [0.1, 0.15) is 22.3 Å². The summed E-state index contributed by atoms with van der Waals surface area (Å²) in [6, 6.07) is 11.6. The second kappa shape index (κ2) is 7.26. The van der Waals surface area contributed by atoms with Crippen molar-refractivity contribution in [3.63, 3.8) is 0 Å². The Morgan fingerprint density at radius 1 is 1.23 bits per heavy atom. The number of carbonyl (C=O) groups excluding carboxylic acids is 2. The molecule has 3 rings (SSSR count). The van der Waals surface area contributed by atoms with Crippen LogP contribution >= 0.6 is 0 Å². The SMILES string of the molecule is Cc1ccc2c(c1)N(CCC(=O)Nc1cccc(C(=O)O)c1)C(=O)CO2. The molecule has 7 heteroatoms. The molecular weight excluding hydrogens is 336 g/mol. The molecule has 0 aliphatic carbocycles. The Labute approximate surface area is 150 Å². The minimum atomic E-state index is -1.06. The zero-order valence-corrected chi connectivity index (χ0v) is 14.2. The minimum absolute atomic E-state index is 0.0572. The Hall–Kier alpha value is -3.35. The Bertz CT molecular complexity index is 878. The van der Waals surface area contributed by atoms with E-state index in [4.69, 9.17) is 9.84 Å². The molecule has 0 unspecified atom stereocenters. The lowest BCUT2D eigenvalue weighted by atomic mass is 10.1. The smallest absolute Gasteiger partial charge is 0.335 e. The molecule has 1 aliphatic heterocycles. The van der Waals surface area contributed by atoms with Gasteiger partial charge in [-0.05, 0) is 42.8 Å². The van der Waals surface area contributed by atoms with Crippen molar-refractivity contribution in [1.82, 2.24) is 0 Å². The van der Waals surface area contributed by atoms with Crippen LogP contribution in [0.3, 0.4) is 0 Å². The Morgan fingerprint density at radius 2 is 2.04 bits per heavy atom. The normalized spacial score (nSPS) is 13.0. The zero-order chi connectivity index (χ0) is 18.7. The molecule has 0 atom stereocenters. The van der Waals surface area contributed by atoms with E-state index in [1.54, 1.807) is 17.0 Å². The lowest BCUT2D eigenvalue weighted by Gasteiger charge is -2.29. The van der Waals surface area contributed by atoms with Gasteiger partial charge < -0.3 is 20.1 Å². The Balaban J connectivity index is 1.66. The van der Waals surface area contributed by atoms with Crippen molar-refractivity contribution >= 4 is 29.2 Å². The molecule has 0 radical (unpaired) electrons. The number of hydrogen-bond acceptors (Lipinski definition) is 4. The molecule has 2 N–H and O–H groups in total. The van der Waals surface area contributed by atoms with E-state index >= 15 is 0 Å². The summed E-state index contributed by atoms with van der Waals surface area (Å²) in [6.45, 7) is 2.07. The molecule has 0 fully saturated rings. The number of nitrogens with one attached hydrogen (secondary N) is 1. The van der Waals surface area contributed by atoms with Gasteiger partial charge in [-0.3, -0.25) is 9.59 Å². The van der Waals surface area contributed by atoms with Crippen LogP contribution in [0.5, 0.6) is 5.75 Å². The molecule has 2 aromatic carbocycles. The first-order valence-corrected chi connectivity index (χ1v) is 8.11. The fraction of sp³-hybridized carbons (Fsp3) is 0.211. The number of carboxylic acids is 1. The van der Waals surface area contributed by atoms with Crippen LogP contribution in [0.2, 0.25) is 0 Å². The van der Waals surface area contributed by atoms with Crippen LogP contribution in [0, 0.1) is 6.92 Å². The molecule has 26 heavy (non-hydrogen) atoms. The predicted molar refractivity (Wildman–Crippen MR) is 95.7 cm³/mol. The summed E-state index contributed by atoms with van der Waals surface area (Å²) < 4.78 is 5.41. The molecule has 0 aromatic heterocycles. The van der Waals surface area contributed by atoms with E-state index in [1.165, 1.54) is 12.1 Å². The molecule has 7 nitrogen and oxygen atoms in total. The van der Waals surface area contributed by atoms with Crippen molar-refractivity contribution in [3.05, 3.63) is 53.6 Å². The average Bonchev–Trinajstić information content (AvgIpc) is 2.61. The Kier molecular flexibility index (Phi) is 4.88. The van der Waals surface area contributed by atoms with Gasteiger partial charge in [0.25, 0.3) is 5.91 Å². The summed E-state index contributed by atoms with van der Waals surface area (Å²) in [5.74, 6) is -0.957. The first kappa shape index (κ1) is 17.5. The molecule has 0 saturated carbocycles. The third-order valence-corrected chi connectivity index (χ3v) is 4.01. The topological polar surface area (TPSA) is 95.9 Å². The highest BCUT2D eigenvalue weighted by Gasteiger charge is 2.25. The van der Waals surface area contributed by atoms with E-state index in [1.807, 2.05) is 25.1 Å². The highest BCUT2D eigenvalue weighted by atomic mass is 16.5. The van der Waals surface area contributed by atoms with Crippen molar-refractivity contribution in [1.29, 1.82) is 0 Å². The number of benzene rings is 2. The molecule has 1 heterocycles. The summed E-state index contributed by atoms with van der Waals surface area (Å²) in [7, 11) is 0. The number of carbonyl (C=O) groups is 3. The summed E-state index contributed by atoms with van der Waals surface area (Å²) >= 11 is 0. The average molecular weight is 354 g/mol. The van der Waals surface area contributed by atoms with Crippen molar-refractivity contribution < 1.29 is 24.2 Å². The Morgan fingerprint density at radius 3 is 2.81 bits per heavy atom. The highest BCUT2D eigenvalue weighted by Crippen LogP contribution is 2.32. The van der Waals surface area contributed by atoms with Gasteiger partial charge in [0, 0.05) is 18.7 Å². The second-order valence-corrected chi connectivity index (χ2v) is 5.99. The molecule has 2 amide bonds. The maximum absolute atomic E-state index is 12.2. The maximum Gasteiger partial charge on any atom is 0.335 e. The van der Waals surface area contributed by atoms with Gasteiger partial charge in [-0.15, -0.1) is 0 Å². The number of ether oxygens (including phenoxy) is 1. The van der Waals surface area contributed by atoms with Crippen LogP contribution in [0.15, 0.2) is 42.5 Å². The highest BCUT2D eigenvalue weighted by molar-refractivity contribution is 5.99. The minimum Gasteiger partial charge on any atom is -0.482 e. The van der Waals surface area contributed by atoms with Crippen LogP contribution in [0.4, 0.5) is 11.4 Å². The van der Waals surface area contributed by atoms with Gasteiger partial charge in [0.15, 0.2) is 6.61 Å². The van der Waals surface area contributed by atoms with Gasteiger partial charge in [-0.2, -0.15) is 0 Å². The molecule has 0 saturated heterocycles. The number of anilines is 2. The number of rotatable bonds is 5. The molecule has 134 valence electrons. The maximum atomic E-state index is 12.2. The van der Waals surface area contributed by atoms with Crippen molar-refractivity contribution in [2.75, 3.05) is 23.4 Å². The van der Waals surface area contributed by atoms with E-state index in [2.05, 4.69) is 5.32 Å². The number of aromatic carboxylic acids is 1. The van der Waals surface area contributed by atoms with Gasteiger partial charge in [0.1, 0.15) is 5.75 Å². The van der Waals surface area contributed by atoms with Crippen molar-refractivity contribution in [2.45, 2.75) is 13.3 Å². The molecule has 0 spiro atoms. The van der Waals surface area contributed by atoms with Gasteiger partial charge in [-0.25, -0.2) is 4.79 Å². The van der Waals surface area contributed by atoms with E-state index in [0.717, 1.165) is 5.56 Å². The largest absolute Gasteiger partial charge is 0.482 e. The predicted octanol–water partition coefficient (Wildman–Crippen LogP) is 2.45.